The second-order valence-corrected chi connectivity index (χ2v) is 18.2. The van der Waals surface area contributed by atoms with Crippen LogP contribution in [-0.2, 0) is 28.6 Å². The Hall–Kier alpha value is -3.15. The van der Waals surface area contributed by atoms with Crippen molar-refractivity contribution in [3.8, 4) is 0 Å². The summed E-state index contributed by atoms with van der Waals surface area (Å²) in [7, 11) is 0. The number of allylic oxidation sites excluding steroid dienone is 12. The highest BCUT2D eigenvalue weighted by Gasteiger charge is 2.19. The Morgan fingerprint density at radius 3 is 0.985 bits per heavy atom. The molecule has 6 nitrogen and oxygen atoms in total. The number of rotatable bonds is 49. The van der Waals surface area contributed by atoms with Gasteiger partial charge in [-0.2, -0.15) is 0 Å². The number of carbonyl (C=O) groups is 3. The summed E-state index contributed by atoms with van der Waals surface area (Å²) < 4.78 is 16.8. The number of ether oxygens (including phenoxy) is 3. The highest BCUT2D eigenvalue weighted by atomic mass is 16.6. The van der Waals surface area contributed by atoms with E-state index in [0.717, 1.165) is 89.9 Å². The van der Waals surface area contributed by atoms with Crippen LogP contribution in [0.15, 0.2) is 72.9 Å². The number of carbonyl (C=O) groups excluding carboxylic acids is 3. The van der Waals surface area contributed by atoms with Crippen LogP contribution < -0.4 is 0 Å². The number of hydrogen-bond donors (Lipinski definition) is 0. The Kier molecular flexibility index (Phi) is 50.9. The van der Waals surface area contributed by atoms with Gasteiger partial charge in [0.2, 0.25) is 0 Å². The fourth-order valence-electron chi connectivity index (χ4n) is 7.68. The SMILES string of the molecule is CC\C=C/C=C\C=C/C=C\CCCCCCCC(=O)OC(COC(=O)CCCCCCCC/C=C\C=C/CCCCC)COC(=O)CCCCCCCCCCCCCCCCCCC. The van der Waals surface area contributed by atoms with Gasteiger partial charge in [-0.25, -0.2) is 0 Å². The maximum absolute atomic E-state index is 12.8. The van der Waals surface area contributed by atoms with E-state index in [-0.39, 0.29) is 31.1 Å². The van der Waals surface area contributed by atoms with Crippen molar-refractivity contribution >= 4 is 17.9 Å². The third kappa shape index (κ3) is 51.7. The second-order valence-electron chi connectivity index (χ2n) is 18.2. The monoisotopic (exact) mass is 907 g/mol. The van der Waals surface area contributed by atoms with Crippen LogP contribution in [0.1, 0.15) is 265 Å². The van der Waals surface area contributed by atoms with E-state index in [0.29, 0.717) is 19.3 Å². The van der Waals surface area contributed by atoms with Gasteiger partial charge in [-0.05, 0) is 64.2 Å². The Balaban J connectivity index is 4.41. The summed E-state index contributed by atoms with van der Waals surface area (Å²) in [6, 6.07) is 0. The summed E-state index contributed by atoms with van der Waals surface area (Å²) in [6.07, 6.45) is 67.4. The lowest BCUT2D eigenvalue weighted by Crippen LogP contribution is -2.30. The van der Waals surface area contributed by atoms with Crippen molar-refractivity contribution in [1.82, 2.24) is 0 Å². The summed E-state index contributed by atoms with van der Waals surface area (Å²) in [4.78, 5) is 38.1. The van der Waals surface area contributed by atoms with Gasteiger partial charge in [-0.1, -0.05) is 254 Å². The standard InChI is InChI=1S/C59H102O6/c1-4-7-10-13-16-19-22-25-28-29-32-34-37-40-43-46-49-52-58(61)64-55-56(65-59(62)53-50-47-44-41-38-35-31-27-24-21-18-15-12-9-6-3)54-63-57(60)51-48-45-42-39-36-33-30-26-23-20-17-14-11-8-5-2/h9,12,15,17-18,20-21,23-24,26-27,31,56H,4-8,10-11,13-14,16,19,22,25,28-30,32-55H2,1-3H3/b12-9-,18-15-,20-17-,24-21-,26-23-,31-27-. The van der Waals surface area contributed by atoms with E-state index < -0.39 is 6.10 Å². The smallest absolute Gasteiger partial charge is 0.306 e. The summed E-state index contributed by atoms with van der Waals surface area (Å²) in [5, 5.41) is 0. The predicted molar refractivity (Wildman–Crippen MR) is 279 cm³/mol. The van der Waals surface area contributed by atoms with Crippen molar-refractivity contribution in [3.63, 3.8) is 0 Å². The Morgan fingerprint density at radius 2 is 0.600 bits per heavy atom. The van der Waals surface area contributed by atoms with Gasteiger partial charge in [0.05, 0.1) is 0 Å². The molecule has 0 aromatic carbocycles. The molecule has 0 aliphatic rings. The zero-order chi connectivity index (χ0) is 47.2. The number of esters is 3. The third-order valence-electron chi connectivity index (χ3n) is 11.8. The van der Waals surface area contributed by atoms with Crippen molar-refractivity contribution in [2.24, 2.45) is 0 Å². The van der Waals surface area contributed by atoms with Crippen LogP contribution in [-0.4, -0.2) is 37.2 Å². The summed E-state index contributed by atoms with van der Waals surface area (Å²) in [5.74, 6) is -0.915. The second kappa shape index (κ2) is 53.5. The van der Waals surface area contributed by atoms with E-state index in [4.69, 9.17) is 14.2 Å². The Labute approximate surface area is 402 Å². The molecule has 0 saturated heterocycles. The molecule has 65 heavy (non-hydrogen) atoms. The first-order chi connectivity index (χ1) is 32.0. The maximum atomic E-state index is 12.8. The van der Waals surface area contributed by atoms with Gasteiger partial charge >= 0.3 is 17.9 Å². The van der Waals surface area contributed by atoms with Crippen LogP contribution in [0.4, 0.5) is 0 Å². The molecule has 0 aromatic heterocycles. The van der Waals surface area contributed by atoms with Gasteiger partial charge < -0.3 is 14.2 Å². The molecule has 374 valence electrons. The Morgan fingerprint density at radius 1 is 0.323 bits per heavy atom. The van der Waals surface area contributed by atoms with Crippen molar-refractivity contribution < 1.29 is 28.6 Å². The van der Waals surface area contributed by atoms with Gasteiger partial charge in [-0.15, -0.1) is 0 Å². The van der Waals surface area contributed by atoms with E-state index >= 15 is 0 Å². The number of hydrogen-bond acceptors (Lipinski definition) is 6. The average molecular weight is 907 g/mol. The minimum atomic E-state index is -0.791. The molecule has 0 N–H and O–H groups in total. The van der Waals surface area contributed by atoms with E-state index in [1.165, 1.54) is 135 Å². The molecule has 0 spiro atoms. The highest BCUT2D eigenvalue weighted by molar-refractivity contribution is 5.71. The Bertz CT molecular complexity index is 1230. The predicted octanol–water partition coefficient (Wildman–Crippen LogP) is 18.2. The molecule has 0 aliphatic heterocycles. The molecule has 0 rings (SSSR count). The molecular formula is C59H102O6. The highest BCUT2D eigenvalue weighted by Crippen LogP contribution is 2.16. The molecule has 0 saturated carbocycles. The normalized spacial score (nSPS) is 12.6. The van der Waals surface area contributed by atoms with E-state index in [2.05, 4.69) is 75.5 Å². The molecule has 0 radical (unpaired) electrons. The lowest BCUT2D eigenvalue weighted by molar-refractivity contribution is -0.167. The minimum absolute atomic E-state index is 0.0872. The van der Waals surface area contributed by atoms with Crippen molar-refractivity contribution in [3.05, 3.63) is 72.9 Å². The summed E-state index contributed by atoms with van der Waals surface area (Å²) in [6.45, 7) is 6.46. The van der Waals surface area contributed by atoms with Crippen LogP contribution >= 0.6 is 0 Å². The zero-order valence-corrected chi connectivity index (χ0v) is 42.7. The van der Waals surface area contributed by atoms with Crippen molar-refractivity contribution in [2.75, 3.05) is 13.2 Å². The molecule has 0 aliphatic carbocycles. The summed E-state index contributed by atoms with van der Waals surface area (Å²) in [5.41, 5.74) is 0. The van der Waals surface area contributed by atoms with Crippen LogP contribution in [0, 0.1) is 0 Å². The van der Waals surface area contributed by atoms with Crippen LogP contribution in [0.2, 0.25) is 0 Å². The molecular weight excluding hydrogens is 805 g/mol. The van der Waals surface area contributed by atoms with Gasteiger partial charge in [0.15, 0.2) is 6.10 Å². The molecule has 0 fully saturated rings. The largest absolute Gasteiger partial charge is 0.462 e. The molecule has 1 atom stereocenters. The molecule has 0 bridgehead atoms. The maximum Gasteiger partial charge on any atom is 0.306 e. The topological polar surface area (TPSA) is 78.9 Å². The number of unbranched alkanes of at least 4 members (excludes halogenated alkanes) is 30. The van der Waals surface area contributed by atoms with Crippen molar-refractivity contribution in [1.29, 1.82) is 0 Å². The quantitative estimate of drug-likeness (QED) is 0.0262. The van der Waals surface area contributed by atoms with Crippen LogP contribution in [0.3, 0.4) is 0 Å². The van der Waals surface area contributed by atoms with Gasteiger partial charge in [0, 0.05) is 19.3 Å². The minimum Gasteiger partial charge on any atom is -0.462 e. The molecule has 0 heterocycles. The van der Waals surface area contributed by atoms with Gasteiger partial charge in [-0.3, -0.25) is 14.4 Å². The fourth-order valence-corrected chi connectivity index (χ4v) is 7.68. The van der Waals surface area contributed by atoms with Crippen LogP contribution in [0.5, 0.6) is 0 Å². The average Bonchev–Trinajstić information content (AvgIpc) is 3.30. The summed E-state index contributed by atoms with van der Waals surface area (Å²) >= 11 is 0. The van der Waals surface area contributed by atoms with Crippen LogP contribution in [0.25, 0.3) is 0 Å². The van der Waals surface area contributed by atoms with E-state index in [9.17, 15) is 14.4 Å². The zero-order valence-electron chi connectivity index (χ0n) is 42.7. The van der Waals surface area contributed by atoms with Crippen molar-refractivity contribution in [2.45, 2.75) is 271 Å². The first-order valence-corrected chi connectivity index (χ1v) is 27.5. The molecule has 6 heteroatoms. The third-order valence-corrected chi connectivity index (χ3v) is 11.8. The first kappa shape index (κ1) is 61.9. The van der Waals surface area contributed by atoms with E-state index in [1.807, 2.05) is 18.2 Å². The first-order valence-electron chi connectivity index (χ1n) is 27.5. The lowest BCUT2D eigenvalue weighted by atomic mass is 10.0. The van der Waals surface area contributed by atoms with Gasteiger partial charge in [0.25, 0.3) is 0 Å². The van der Waals surface area contributed by atoms with Gasteiger partial charge in [0.1, 0.15) is 13.2 Å². The molecule has 0 amide bonds. The fraction of sp³-hybridized carbons (Fsp3) is 0.746. The van der Waals surface area contributed by atoms with E-state index in [1.54, 1.807) is 0 Å². The lowest BCUT2D eigenvalue weighted by Gasteiger charge is -2.18. The molecule has 1 unspecified atom stereocenters. The molecule has 0 aromatic rings.